The van der Waals surface area contributed by atoms with Gasteiger partial charge in [-0.1, -0.05) is 30.3 Å². The molecule has 0 atom stereocenters. The molecule has 1 heterocycles. The molecule has 0 aliphatic rings. The molecule has 0 radical (unpaired) electrons. The van der Waals surface area contributed by atoms with Gasteiger partial charge in [0.05, 0.1) is 11.6 Å². The van der Waals surface area contributed by atoms with Gasteiger partial charge in [0.25, 0.3) is 0 Å². The quantitative estimate of drug-likeness (QED) is 0.628. The van der Waals surface area contributed by atoms with Gasteiger partial charge < -0.3 is 4.57 Å². The summed E-state index contributed by atoms with van der Waals surface area (Å²) in [4.78, 5) is 0. The Bertz CT molecular complexity index is 743. The molecule has 86 valence electrons. The highest BCUT2D eigenvalue weighted by atomic mass is 14.9. The summed E-state index contributed by atoms with van der Waals surface area (Å²) in [5, 5.41) is 10.1. The van der Waals surface area contributed by atoms with Crippen LogP contribution in [0.25, 0.3) is 22.0 Å². The average Bonchev–Trinajstić information content (AvgIpc) is 2.77. The lowest BCUT2D eigenvalue weighted by Gasteiger charge is -1.99. The Kier molecular flexibility index (Phi) is 2.39. The van der Waals surface area contributed by atoms with E-state index in [1.165, 1.54) is 16.5 Å². The van der Waals surface area contributed by atoms with E-state index in [9.17, 15) is 0 Å². The third-order valence-electron chi connectivity index (χ3n) is 3.22. The molecule has 3 aromatic rings. The van der Waals surface area contributed by atoms with E-state index < -0.39 is 0 Å². The number of hydrogen-bond acceptors (Lipinski definition) is 1. The largest absolute Gasteiger partial charge is 0.350 e. The first kappa shape index (κ1) is 10.6. The van der Waals surface area contributed by atoms with Gasteiger partial charge in [0, 0.05) is 29.7 Å². The van der Waals surface area contributed by atoms with Crippen LogP contribution in [-0.2, 0) is 7.05 Å². The Morgan fingerprint density at radius 3 is 2.44 bits per heavy atom. The van der Waals surface area contributed by atoms with Gasteiger partial charge in [-0.05, 0) is 23.8 Å². The summed E-state index contributed by atoms with van der Waals surface area (Å²) in [6.45, 7) is 0. The molecule has 0 saturated carbocycles. The number of aryl methyl sites for hydroxylation is 1. The highest BCUT2D eigenvalue weighted by molar-refractivity contribution is 5.96. The second-order valence-electron chi connectivity index (χ2n) is 4.36. The predicted molar refractivity (Wildman–Crippen MR) is 73.1 cm³/mol. The molecule has 0 N–H and O–H groups in total. The molecule has 0 aliphatic carbocycles. The highest BCUT2D eigenvalue weighted by Crippen LogP contribution is 2.29. The molecule has 18 heavy (non-hydrogen) atoms. The molecule has 0 saturated heterocycles. The van der Waals surface area contributed by atoms with Gasteiger partial charge in [-0.2, -0.15) is 5.26 Å². The van der Waals surface area contributed by atoms with E-state index in [0.29, 0.717) is 5.56 Å². The van der Waals surface area contributed by atoms with Crippen LogP contribution in [0.3, 0.4) is 0 Å². The Hall–Kier alpha value is -2.53. The maximum atomic E-state index is 8.82. The summed E-state index contributed by atoms with van der Waals surface area (Å²) < 4.78 is 2.13. The third-order valence-corrected chi connectivity index (χ3v) is 3.22. The van der Waals surface area contributed by atoms with Crippen LogP contribution >= 0.6 is 0 Å². The van der Waals surface area contributed by atoms with Crippen molar-refractivity contribution in [3.63, 3.8) is 0 Å². The maximum absolute atomic E-state index is 8.82. The fourth-order valence-corrected chi connectivity index (χ4v) is 2.30. The van der Waals surface area contributed by atoms with Crippen molar-refractivity contribution in [2.75, 3.05) is 0 Å². The number of nitrogens with zero attached hydrogens (tertiary/aromatic N) is 2. The summed E-state index contributed by atoms with van der Waals surface area (Å²) >= 11 is 0. The molecule has 0 aliphatic heterocycles. The molecule has 3 rings (SSSR count). The number of hydrogen-bond donors (Lipinski definition) is 0. The van der Waals surface area contributed by atoms with Crippen LogP contribution in [0.1, 0.15) is 5.56 Å². The van der Waals surface area contributed by atoms with Gasteiger partial charge in [0.15, 0.2) is 0 Å². The molecule has 0 amide bonds. The Balaban J connectivity index is 2.22. The van der Waals surface area contributed by atoms with Gasteiger partial charge in [-0.25, -0.2) is 0 Å². The Morgan fingerprint density at radius 2 is 1.72 bits per heavy atom. The van der Waals surface area contributed by atoms with E-state index in [1.807, 2.05) is 30.3 Å². The normalized spacial score (nSPS) is 10.4. The zero-order valence-corrected chi connectivity index (χ0v) is 10.1. The molecule has 2 aromatic carbocycles. The molecule has 0 fully saturated rings. The average molecular weight is 232 g/mol. The molecule has 0 spiro atoms. The van der Waals surface area contributed by atoms with Crippen molar-refractivity contribution in [3.8, 4) is 17.2 Å². The number of nitriles is 1. The molecular formula is C16H12N2. The van der Waals surface area contributed by atoms with Crippen LogP contribution in [0, 0.1) is 11.3 Å². The first-order chi connectivity index (χ1) is 8.79. The van der Waals surface area contributed by atoms with Gasteiger partial charge in [-0.3, -0.25) is 0 Å². The summed E-state index contributed by atoms with van der Waals surface area (Å²) in [6.07, 6.45) is 2.13. The lowest BCUT2D eigenvalue weighted by Crippen LogP contribution is -1.81. The zero-order valence-electron chi connectivity index (χ0n) is 10.1. The zero-order chi connectivity index (χ0) is 12.5. The first-order valence-electron chi connectivity index (χ1n) is 5.84. The summed E-state index contributed by atoms with van der Waals surface area (Å²) in [5.41, 5.74) is 4.26. The minimum atomic E-state index is 0.694. The Labute approximate surface area is 106 Å². The van der Waals surface area contributed by atoms with Gasteiger partial charge in [0.2, 0.25) is 0 Å². The number of para-hydroxylation sites is 1. The van der Waals surface area contributed by atoms with Crippen LogP contribution < -0.4 is 0 Å². The van der Waals surface area contributed by atoms with Gasteiger partial charge in [-0.15, -0.1) is 0 Å². The van der Waals surface area contributed by atoms with Gasteiger partial charge >= 0.3 is 0 Å². The van der Waals surface area contributed by atoms with E-state index in [-0.39, 0.29) is 0 Å². The molecule has 2 nitrogen and oxygen atoms in total. The third kappa shape index (κ3) is 1.57. The van der Waals surface area contributed by atoms with Crippen LogP contribution in [0.4, 0.5) is 0 Å². The van der Waals surface area contributed by atoms with E-state index in [0.717, 1.165) is 5.56 Å². The first-order valence-corrected chi connectivity index (χ1v) is 5.84. The van der Waals surface area contributed by atoms with Crippen molar-refractivity contribution in [2.24, 2.45) is 7.05 Å². The van der Waals surface area contributed by atoms with Crippen LogP contribution in [0.15, 0.2) is 54.7 Å². The molecule has 1 aromatic heterocycles. The topological polar surface area (TPSA) is 28.7 Å². The van der Waals surface area contributed by atoms with E-state index in [2.05, 4.69) is 42.1 Å². The summed E-state index contributed by atoms with van der Waals surface area (Å²) in [5.74, 6) is 0. The molecule has 2 heteroatoms. The minimum Gasteiger partial charge on any atom is -0.350 e. The molecular weight excluding hydrogens is 220 g/mol. The predicted octanol–water partition coefficient (Wildman–Crippen LogP) is 3.72. The smallest absolute Gasteiger partial charge is 0.0991 e. The summed E-state index contributed by atoms with van der Waals surface area (Å²) in [7, 11) is 2.05. The Morgan fingerprint density at radius 1 is 1.00 bits per heavy atom. The van der Waals surface area contributed by atoms with Crippen molar-refractivity contribution in [1.82, 2.24) is 4.57 Å². The van der Waals surface area contributed by atoms with Crippen molar-refractivity contribution in [2.45, 2.75) is 0 Å². The fourth-order valence-electron chi connectivity index (χ4n) is 2.30. The number of aromatic nitrogens is 1. The number of benzene rings is 2. The van der Waals surface area contributed by atoms with E-state index in [1.54, 1.807) is 0 Å². The number of rotatable bonds is 1. The van der Waals surface area contributed by atoms with E-state index in [4.69, 9.17) is 5.26 Å². The van der Waals surface area contributed by atoms with Crippen molar-refractivity contribution >= 4 is 10.9 Å². The maximum Gasteiger partial charge on any atom is 0.0991 e. The van der Waals surface area contributed by atoms with Crippen molar-refractivity contribution in [1.29, 1.82) is 5.26 Å². The van der Waals surface area contributed by atoms with Crippen LogP contribution in [0.2, 0.25) is 0 Å². The number of fused-ring (bicyclic) bond motifs is 1. The van der Waals surface area contributed by atoms with E-state index >= 15 is 0 Å². The fraction of sp³-hybridized carbons (Fsp3) is 0.0625. The second kappa shape index (κ2) is 4.05. The van der Waals surface area contributed by atoms with Crippen LogP contribution in [0.5, 0.6) is 0 Å². The second-order valence-corrected chi connectivity index (χ2v) is 4.36. The lowest BCUT2D eigenvalue weighted by molar-refractivity contribution is 0.970. The molecule has 0 bridgehead atoms. The lowest BCUT2D eigenvalue weighted by atomic mass is 10.0. The monoisotopic (exact) mass is 232 g/mol. The minimum absolute atomic E-state index is 0.694. The highest BCUT2D eigenvalue weighted by Gasteiger charge is 2.07. The SMILES string of the molecule is Cn1cc(-c2ccc(C#N)cc2)c2ccccc21. The molecule has 0 unspecified atom stereocenters. The standard InChI is InChI=1S/C16H12N2/c1-18-11-15(14-4-2-3-5-16(14)18)13-8-6-12(10-17)7-9-13/h2-9,11H,1H3. The van der Waals surface area contributed by atoms with Crippen molar-refractivity contribution in [3.05, 3.63) is 60.3 Å². The van der Waals surface area contributed by atoms with Crippen molar-refractivity contribution < 1.29 is 0 Å². The van der Waals surface area contributed by atoms with Gasteiger partial charge in [0.1, 0.15) is 0 Å². The van der Waals surface area contributed by atoms with Crippen LogP contribution in [-0.4, -0.2) is 4.57 Å². The summed E-state index contributed by atoms with van der Waals surface area (Å²) in [6, 6.07) is 18.2.